The van der Waals surface area contributed by atoms with E-state index in [4.69, 9.17) is 11.6 Å². The Bertz CT molecular complexity index is 882. The number of rotatable bonds is 6. The molecule has 0 heterocycles. The number of hydrogen-bond donors (Lipinski definition) is 1. The fraction of sp³-hybridized carbons (Fsp3) is 0.278. The maximum atomic E-state index is 12.5. The summed E-state index contributed by atoms with van der Waals surface area (Å²) in [7, 11) is -3.63. The number of sulfonamides is 1. The predicted molar refractivity (Wildman–Crippen MR) is 103 cm³/mol. The second-order valence-corrected chi connectivity index (χ2v) is 8.10. The molecule has 0 radical (unpaired) electrons. The van der Waals surface area contributed by atoms with Gasteiger partial charge in [0, 0.05) is 10.7 Å². The van der Waals surface area contributed by atoms with Crippen LogP contribution in [-0.4, -0.2) is 27.1 Å². The highest BCUT2D eigenvalue weighted by Gasteiger charge is 2.21. The second-order valence-electron chi connectivity index (χ2n) is 5.76. The maximum Gasteiger partial charge on any atom is 0.245 e. The molecule has 2 aromatic carbocycles. The van der Waals surface area contributed by atoms with Crippen LogP contribution in [0.4, 0.5) is 11.4 Å². The van der Waals surface area contributed by atoms with Crippen molar-refractivity contribution in [1.29, 1.82) is 0 Å². The lowest BCUT2D eigenvalue weighted by molar-refractivity contribution is -0.114. The number of para-hydroxylation sites is 1. The lowest BCUT2D eigenvalue weighted by Gasteiger charge is -2.22. The van der Waals surface area contributed by atoms with Gasteiger partial charge in [0.05, 0.1) is 11.9 Å². The third-order valence-electron chi connectivity index (χ3n) is 3.79. The van der Waals surface area contributed by atoms with Crippen LogP contribution in [0.25, 0.3) is 0 Å². The Kier molecular flexibility index (Phi) is 6.08. The molecule has 0 saturated heterocycles. The second kappa shape index (κ2) is 7.89. The summed E-state index contributed by atoms with van der Waals surface area (Å²) in [6.45, 7) is 3.58. The molecule has 0 aliphatic heterocycles. The zero-order valence-corrected chi connectivity index (χ0v) is 16.0. The Balaban J connectivity index is 2.27. The zero-order chi connectivity index (χ0) is 18.6. The van der Waals surface area contributed by atoms with Gasteiger partial charge in [-0.3, -0.25) is 9.10 Å². The molecule has 0 fully saturated rings. The van der Waals surface area contributed by atoms with Crippen LogP contribution < -0.4 is 9.62 Å². The highest BCUT2D eigenvalue weighted by Crippen LogP contribution is 2.23. The predicted octanol–water partition coefficient (Wildman–Crippen LogP) is 3.62. The Morgan fingerprint density at radius 2 is 1.88 bits per heavy atom. The number of anilines is 2. The number of amides is 1. The molecule has 2 rings (SSSR count). The van der Waals surface area contributed by atoms with Gasteiger partial charge in [0.15, 0.2) is 0 Å². The molecule has 25 heavy (non-hydrogen) atoms. The van der Waals surface area contributed by atoms with Crippen LogP contribution in [0.3, 0.4) is 0 Å². The molecule has 5 nitrogen and oxygen atoms in total. The van der Waals surface area contributed by atoms with Gasteiger partial charge >= 0.3 is 0 Å². The van der Waals surface area contributed by atoms with Crippen LogP contribution >= 0.6 is 11.6 Å². The van der Waals surface area contributed by atoms with Crippen LogP contribution in [0.15, 0.2) is 42.5 Å². The van der Waals surface area contributed by atoms with Crippen molar-refractivity contribution in [3.63, 3.8) is 0 Å². The normalized spacial score (nSPS) is 11.2. The van der Waals surface area contributed by atoms with Crippen LogP contribution in [0, 0.1) is 6.92 Å². The van der Waals surface area contributed by atoms with Gasteiger partial charge in [-0.25, -0.2) is 8.42 Å². The molecule has 1 amide bonds. The van der Waals surface area contributed by atoms with Gasteiger partial charge in [0.25, 0.3) is 0 Å². The van der Waals surface area contributed by atoms with Crippen molar-refractivity contribution in [2.24, 2.45) is 0 Å². The highest BCUT2D eigenvalue weighted by atomic mass is 35.5. The van der Waals surface area contributed by atoms with E-state index >= 15 is 0 Å². The van der Waals surface area contributed by atoms with Crippen molar-refractivity contribution < 1.29 is 13.2 Å². The molecule has 0 spiro atoms. The summed E-state index contributed by atoms with van der Waals surface area (Å²) in [6, 6.07) is 12.2. The first kappa shape index (κ1) is 19.3. The molecule has 0 aliphatic rings. The van der Waals surface area contributed by atoms with Crippen molar-refractivity contribution in [3.05, 3.63) is 58.6 Å². The van der Waals surface area contributed by atoms with E-state index in [2.05, 4.69) is 5.32 Å². The molecule has 2 aromatic rings. The molecule has 134 valence electrons. The molecular formula is C18H21ClN2O3S. The van der Waals surface area contributed by atoms with Crippen molar-refractivity contribution >= 4 is 38.9 Å². The third-order valence-corrected chi connectivity index (χ3v) is 5.16. The number of carbonyl (C=O) groups is 1. The number of carbonyl (C=O) groups excluding carboxylic acids is 1. The average Bonchev–Trinajstić information content (AvgIpc) is 2.53. The number of hydrogen-bond acceptors (Lipinski definition) is 3. The fourth-order valence-corrected chi connectivity index (χ4v) is 3.58. The van der Waals surface area contributed by atoms with E-state index in [1.807, 2.05) is 32.0 Å². The SMILES string of the molecule is CCc1cccc(C)c1NC(=O)CN(c1cccc(Cl)c1)S(C)(=O)=O. The van der Waals surface area contributed by atoms with Gasteiger partial charge in [0.1, 0.15) is 6.54 Å². The lowest BCUT2D eigenvalue weighted by Crippen LogP contribution is -2.37. The molecule has 1 N–H and O–H groups in total. The highest BCUT2D eigenvalue weighted by molar-refractivity contribution is 7.92. The number of aryl methyl sites for hydroxylation is 2. The van der Waals surface area contributed by atoms with Crippen molar-refractivity contribution in [3.8, 4) is 0 Å². The van der Waals surface area contributed by atoms with E-state index in [1.165, 1.54) is 6.07 Å². The number of benzene rings is 2. The van der Waals surface area contributed by atoms with Gasteiger partial charge in [0.2, 0.25) is 15.9 Å². The van der Waals surface area contributed by atoms with Crippen LogP contribution in [0.5, 0.6) is 0 Å². The number of halogens is 1. The smallest absolute Gasteiger partial charge is 0.245 e. The zero-order valence-electron chi connectivity index (χ0n) is 14.4. The summed E-state index contributed by atoms with van der Waals surface area (Å²) in [6.07, 6.45) is 1.83. The van der Waals surface area contributed by atoms with Gasteiger partial charge in [-0.05, 0) is 42.7 Å². The summed E-state index contributed by atoms with van der Waals surface area (Å²) in [5.41, 5.74) is 3.02. The summed E-state index contributed by atoms with van der Waals surface area (Å²) in [5.74, 6) is -0.408. The minimum atomic E-state index is -3.63. The summed E-state index contributed by atoms with van der Waals surface area (Å²) in [5, 5.41) is 3.24. The first-order valence-electron chi connectivity index (χ1n) is 7.84. The summed E-state index contributed by atoms with van der Waals surface area (Å²) in [4.78, 5) is 12.5. The van der Waals surface area contributed by atoms with Crippen LogP contribution in [0.2, 0.25) is 5.02 Å². The van der Waals surface area contributed by atoms with E-state index in [9.17, 15) is 13.2 Å². The fourth-order valence-electron chi connectivity index (χ4n) is 2.54. The van der Waals surface area contributed by atoms with E-state index in [1.54, 1.807) is 18.2 Å². The largest absolute Gasteiger partial charge is 0.324 e. The number of nitrogens with one attached hydrogen (secondary N) is 1. The maximum absolute atomic E-state index is 12.5. The molecule has 0 aromatic heterocycles. The van der Waals surface area contributed by atoms with Gasteiger partial charge in [-0.1, -0.05) is 42.8 Å². The van der Waals surface area contributed by atoms with Gasteiger partial charge in [-0.15, -0.1) is 0 Å². The van der Waals surface area contributed by atoms with Crippen molar-refractivity contribution in [2.45, 2.75) is 20.3 Å². The Hall–Kier alpha value is -2.05. The minimum absolute atomic E-state index is 0.323. The van der Waals surface area contributed by atoms with Crippen LogP contribution in [0.1, 0.15) is 18.1 Å². The van der Waals surface area contributed by atoms with Crippen LogP contribution in [-0.2, 0) is 21.2 Å². The van der Waals surface area contributed by atoms with E-state index < -0.39 is 15.9 Å². The van der Waals surface area contributed by atoms with E-state index in [-0.39, 0.29) is 6.54 Å². The molecule has 0 unspecified atom stereocenters. The minimum Gasteiger partial charge on any atom is -0.324 e. The van der Waals surface area contributed by atoms with Gasteiger partial charge in [-0.2, -0.15) is 0 Å². The Labute approximate surface area is 153 Å². The van der Waals surface area contributed by atoms with E-state index in [0.717, 1.165) is 33.8 Å². The summed E-state index contributed by atoms with van der Waals surface area (Å²) >= 11 is 5.94. The third kappa shape index (κ3) is 4.96. The first-order valence-corrected chi connectivity index (χ1v) is 10.1. The molecular weight excluding hydrogens is 360 g/mol. The topological polar surface area (TPSA) is 66.5 Å². The summed E-state index contributed by atoms with van der Waals surface area (Å²) < 4.78 is 25.3. The quantitative estimate of drug-likeness (QED) is 0.832. The van der Waals surface area contributed by atoms with Crippen molar-refractivity contribution in [2.75, 3.05) is 22.4 Å². The monoisotopic (exact) mass is 380 g/mol. The Morgan fingerprint density at radius 1 is 1.20 bits per heavy atom. The molecule has 0 aliphatic carbocycles. The Morgan fingerprint density at radius 3 is 2.48 bits per heavy atom. The molecule has 0 atom stereocenters. The average molecular weight is 381 g/mol. The lowest BCUT2D eigenvalue weighted by atomic mass is 10.1. The van der Waals surface area contributed by atoms with Gasteiger partial charge < -0.3 is 5.32 Å². The molecule has 7 heteroatoms. The molecule has 0 bridgehead atoms. The van der Waals surface area contributed by atoms with E-state index in [0.29, 0.717) is 10.7 Å². The standard InChI is InChI=1S/C18H21ClN2O3S/c1-4-14-8-5-7-13(2)18(14)20-17(22)12-21(25(3,23)24)16-10-6-9-15(19)11-16/h5-11H,4,12H2,1-3H3,(H,20,22). The molecule has 0 saturated carbocycles. The first-order chi connectivity index (χ1) is 11.7. The number of nitrogens with zero attached hydrogens (tertiary/aromatic N) is 1. The van der Waals surface area contributed by atoms with Crippen molar-refractivity contribution in [1.82, 2.24) is 0 Å².